The van der Waals surface area contributed by atoms with Gasteiger partial charge in [0.2, 0.25) is 5.82 Å². The smallest absolute Gasteiger partial charge is 0.339 e. The van der Waals surface area contributed by atoms with Gasteiger partial charge in [0.05, 0.1) is 12.0 Å². The lowest BCUT2D eigenvalue weighted by Crippen LogP contribution is -2.12. The molecule has 1 N–H and O–H groups in total. The van der Waals surface area contributed by atoms with Crippen LogP contribution in [0.25, 0.3) is 11.6 Å². The summed E-state index contributed by atoms with van der Waals surface area (Å²) in [6, 6.07) is 3.41. The van der Waals surface area contributed by atoms with Crippen molar-refractivity contribution in [2.24, 2.45) is 0 Å². The van der Waals surface area contributed by atoms with Gasteiger partial charge in [-0.1, -0.05) is 0 Å². The normalized spacial score (nSPS) is 10.6. The second kappa shape index (κ2) is 4.88. The van der Waals surface area contributed by atoms with Gasteiger partial charge in [0.1, 0.15) is 18.4 Å². The van der Waals surface area contributed by atoms with Crippen molar-refractivity contribution in [1.29, 1.82) is 0 Å². The molecule has 0 bridgehead atoms. The van der Waals surface area contributed by atoms with Crippen molar-refractivity contribution in [3.05, 3.63) is 42.2 Å². The summed E-state index contributed by atoms with van der Waals surface area (Å²) in [5, 5.41) is 20.8. The Kier molecular flexibility index (Phi) is 2.92. The first-order valence-electron chi connectivity index (χ1n) is 5.58. The molecule has 9 nitrogen and oxygen atoms in total. The van der Waals surface area contributed by atoms with E-state index in [9.17, 15) is 4.79 Å². The first-order valence-corrected chi connectivity index (χ1v) is 5.58. The monoisotopic (exact) mass is 272 g/mol. The van der Waals surface area contributed by atoms with Crippen LogP contribution in [0, 0.1) is 0 Å². The zero-order valence-electron chi connectivity index (χ0n) is 10.0. The van der Waals surface area contributed by atoms with Crippen molar-refractivity contribution >= 4 is 5.97 Å². The van der Waals surface area contributed by atoms with Gasteiger partial charge in [-0.15, -0.1) is 10.2 Å². The SMILES string of the molecule is O=C(O)c1cncnc1Cn1nnc(-c2ccco2)n1. The van der Waals surface area contributed by atoms with Gasteiger partial charge in [0.15, 0.2) is 5.76 Å². The van der Waals surface area contributed by atoms with Crippen molar-refractivity contribution < 1.29 is 14.3 Å². The molecule has 0 radical (unpaired) electrons. The fourth-order valence-electron chi connectivity index (χ4n) is 1.61. The van der Waals surface area contributed by atoms with E-state index in [1.807, 2.05) is 0 Å². The van der Waals surface area contributed by atoms with E-state index in [1.165, 1.54) is 23.6 Å². The zero-order valence-corrected chi connectivity index (χ0v) is 10.0. The first kappa shape index (κ1) is 12.0. The van der Waals surface area contributed by atoms with Crippen molar-refractivity contribution in [3.63, 3.8) is 0 Å². The molecule has 0 aliphatic heterocycles. The Morgan fingerprint density at radius 1 is 1.45 bits per heavy atom. The molecular formula is C11H8N6O3. The van der Waals surface area contributed by atoms with E-state index in [4.69, 9.17) is 9.52 Å². The summed E-state index contributed by atoms with van der Waals surface area (Å²) in [5.74, 6) is -0.301. The maximum atomic E-state index is 11.0. The number of carboxylic acid groups (broad SMARTS) is 1. The molecule has 9 heteroatoms. The number of hydrogen-bond acceptors (Lipinski definition) is 7. The largest absolute Gasteiger partial charge is 0.478 e. The highest BCUT2D eigenvalue weighted by Gasteiger charge is 2.14. The average molecular weight is 272 g/mol. The number of tetrazole rings is 1. The molecule has 0 aliphatic rings. The van der Waals surface area contributed by atoms with E-state index in [1.54, 1.807) is 12.1 Å². The van der Waals surface area contributed by atoms with Crippen LogP contribution in [-0.2, 0) is 6.54 Å². The van der Waals surface area contributed by atoms with Crippen molar-refractivity contribution in [2.45, 2.75) is 6.54 Å². The second-order valence-electron chi connectivity index (χ2n) is 3.81. The van der Waals surface area contributed by atoms with E-state index in [0.717, 1.165) is 0 Å². The minimum absolute atomic E-state index is 0.00403. The number of furan rings is 1. The van der Waals surface area contributed by atoms with E-state index >= 15 is 0 Å². The fourth-order valence-corrected chi connectivity index (χ4v) is 1.61. The van der Waals surface area contributed by atoms with Crippen LogP contribution < -0.4 is 0 Å². The van der Waals surface area contributed by atoms with Crippen LogP contribution in [0.2, 0.25) is 0 Å². The van der Waals surface area contributed by atoms with Crippen LogP contribution >= 0.6 is 0 Å². The quantitative estimate of drug-likeness (QED) is 0.727. The lowest BCUT2D eigenvalue weighted by atomic mass is 10.2. The highest BCUT2D eigenvalue weighted by atomic mass is 16.4. The van der Waals surface area contributed by atoms with Gasteiger partial charge >= 0.3 is 5.97 Å². The van der Waals surface area contributed by atoms with E-state index in [-0.39, 0.29) is 12.1 Å². The zero-order chi connectivity index (χ0) is 13.9. The van der Waals surface area contributed by atoms with Crippen LogP contribution in [-0.4, -0.2) is 41.3 Å². The molecule has 0 saturated heterocycles. The van der Waals surface area contributed by atoms with Crippen molar-refractivity contribution in [1.82, 2.24) is 30.2 Å². The third-order valence-corrected chi connectivity index (χ3v) is 2.51. The Labute approximate surface area is 111 Å². The molecule has 20 heavy (non-hydrogen) atoms. The van der Waals surface area contributed by atoms with E-state index < -0.39 is 5.97 Å². The molecule has 3 rings (SSSR count). The fraction of sp³-hybridized carbons (Fsp3) is 0.0909. The second-order valence-corrected chi connectivity index (χ2v) is 3.81. The summed E-state index contributed by atoms with van der Waals surface area (Å²) in [6.07, 6.45) is 4.00. The Hall–Kier alpha value is -3.10. The number of nitrogens with zero attached hydrogens (tertiary/aromatic N) is 6. The minimum atomic E-state index is -1.10. The Morgan fingerprint density at radius 3 is 3.10 bits per heavy atom. The molecule has 0 amide bonds. The van der Waals surface area contributed by atoms with Gasteiger partial charge in [-0.25, -0.2) is 14.8 Å². The molecule has 0 unspecified atom stereocenters. The van der Waals surface area contributed by atoms with Crippen LogP contribution in [0.1, 0.15) is 16.1 Å². The Bertz CT molecular complexity index is 736. The molecule has 0 atom stereocenters. The molecule has 0 aromatic carbocycles. The summed E-state index contributed by atoms with van der Waals surface area (Å²) >= 11 is 0. The summed E-state index contributed by atoms with van der Waals surface area (Å²) < 4.78 is 5.15. The summed E-state index contributed by atoms with van der Waals surface area (Å²) in [4.78, 5) is 19.9. The third-order valence-electron chi connectivity index (χ3n) is 2.51. The molecule has 100 valence electrons. The highest BCUT2D eigenvalue weighted by molar-refractivity contribution is 5.88. The number of rotatable bonds is 4. The Balaban J connectivity index is 1.87. The van der Waals surface area contributed by atoms with Crippen LogP contribution in [0.4, 0.5) is 0 Å². The average Bonchev–Trinajstić information content (AvgIpc) is 3.09. The lowest BCUT2D eigenvalue weighted by molar-refractivity contribution is 0.0694. The predicted octanol–water partition coefficient (Wildman–Crippen LogP) is 0.470. The molecule has 0 aliphatic carbocycles. The first-order chi connectivity index (χ1) is 9.74. The van der Waals surface area contributed by atoms with Crippen molar-refractivity contribution in [3.8, 4) is 11.6 Å². The highest BCUT2D eigenvalue weighted by Crippen LogP contribution is 2.13. The molecular weight excluding hydrogens is 264 g/mol. The van der Waals surface area contributed by atoms with Gasteiger partial charge < -0.3 is 9.52 Å². The summed E-state index contributed by atoms with van der Waals surface area (Å²) in [6.45, 7) is 0.0812. The maximum Gasteiger partial charge on any atom is 0.339 e. The van der Waals surface area contributed by atoms with Gasteiger partial charge in [0.25, 0.3) is 0 Å². The van der Waals surface area contributed by atoms with Gasteiger partial charge in [-0.2, -0.15) is 4.80 Å². The van der Waals surface area contributed by atoms with Crippen LogP contribution in [0.15, 0.2) is 35.3 Å². The molecule has 3 aromatic rings. The van der Waals surface area contributed by atoms with E-state index in [2.05, 4.69) is 25.4 Å². The minimum Gasteiger partial charge on any atom is -0.478 e. The summed E-state index contributed by atoms with van der Waals surface area (Å²) in [5.41, 5.74) is 0.306. The third kappa shape index (κ3) is 2.23. The van der Waals surface area contributed by atoms with Crippen LogP contribution in [0.3, 0.4) is 0 Å². The molecule has 0 saturated carbocycles. The topological polar surface area (TPSA) is 120 Å². The molecule has 0 spiro atoms. The number of carbonyl (C=O) groups is 1. The van der Waals surface area contributed by atoms with Gasteiger partial charge in [0, 0.05) is 6.20 Å². The number of aromatic nitrogens is 6. The lowest BCUT2D eigenvalue weighted by Gasteiger charge is -2.02. The summed E-state index contributed by atoms with van der Waals surface area (Å²) in [7, 11) is 0. The molecule has 3 aromatic heterocycles. The van der Waals surface area contributed by atoms with Crippen LogP contribution in [0.5, 0.6) is 0 Å². The van der Waals surface area contributed by atoms with Gasteiger partial charge in [-0.05, 0) is 17.3 Å². The standard InChI is InChI=1S/C11H8N6O3/c18-11(19)7-4-12-6-13-8(7)5-17-15-10(14-16-17)9-2-1-3-20-9/h1-4,6H,5H2,(H,18,19). The molecule has 3 heterocycles. The predicted molar refractivity (Wildman–Crippen MR) is 63.6 cm³/mol. The number of aromatic carboxylic acids is 1. The van der Waals surface area contributed by atoms with Crippen molar-refractivity contribution in [2.75, 3.05) is 0 Å². The Morgan fingerprint density at radius 2 is 2.35 bits per heavy atom. The van der Waals surface area contributed by atoms with E-state index in [0.29, 0.717) is 17.3 Å². The van der Waals surface area contributed by atoms with Gasteiger partial charge in [-0.3, -0.25) is 0 Å². The maximum absolute atomic E-state index is 11.0. The number of carboxylic acids is 1. The molecule has 0 fully saturated rings. The number of hydrogen-bond donors (Lipinski definition) is 1.